The normalized spacial score (nSPS) is 18.3. The first-order chi connectivity index (χ1) is 8.28. The molecular weight excluding hydrogens is 224 g/mol. The molecule has 6 nitrogen and oxygen atoms in total. The minimum Gasteiger partial charge on any atom is -0.483 e. The van der Waals surface area contributed by atoms with E-state index in [1.54, 1.807) is 12.1 Å². The molecule has 2 aromatic rings. The highest BCUT2D eigenvalue weighted by Crippen LogP contribution is 2.34. The van der Waals surface area contributed by atoms with Crippen LogP contribution in [0.4, 0.5) is 0 Å². The van der Waals surface area contributed by atoms with Gasteiger partial charge in [0.2, 0.25) is 6.29 Å². The van der Waals surface area contributed by atoms with E-state index in [9.17, 15) is 4.79 Å². The molecule has 0 fully saturated rings. The minimum atomic E-state index is -0.448. The SMILES string of the molecule is COC1COc2cc3nc[nH]c(=O)c3cc2O1. The van der Waals surface area contributed by atoms with Crippen molar-refractivity contribution in [1.82, 2.24) is 9.97 Å². The lowest BCUT2D eigenvalue weighted by atomic mass is 10.2. The first-order valence-electron chi connectivity index (χ1n) is 5.11. The van der Waals surface area contributed by atoms with Gasteiger partial charge in [-0.2, -0.15) is 0 Å². The third-order valence-electron chi connectivity index (χ3n) is 2.60. The summed E-state index contributed by atoms with van der Waals surface area (Å²) >= 11 is 0. The molecule has 0 radical (unpaired) electrons. The molecular formula is C11H10N2O4. The first-order valence-corrected chi connectivity index (χ1v) is 5.11. The molecule has 1 aromatic carbocycles. The standard InChI is InChI=1S/C11H10N2O4/c1-15-10-4-16-8-3-7-6(2-9(8)17-10)11(14)13-5-12-7/h2-3,5,10H,4H2,1H3,(H,12,13,14). The Morgan fingerprint density at radius 2 is 2.35 bits per heavy atom. The van der Waals surface area contributed by atoms with Crippen molar-refractivity contribution in [2.45, 2.75) is 6.29 Å². The number of benzene rings is 1. The summed E-state index contributed by atoms with van der Waals surface area (Å²) < 4.78 is 16.0. The maximum Gasteiger partial charge on any atom is 0.258 e. The van der Waals surface area contributed by atoms with E-state index < -0.39 is 6.29 Å². The van der Waals surface area contributed by atoms with Crippen LogP contribution in [-0.2, 0) is 4.74 Å². The molecule has 0 spiro atoms. The van der Waals surface area contributed by atoms with Crippen molar-refractivity contribution in [2.75, 3.05) is 13.7 Å². The fraction of sp³-hybridized carbons (Fsp3) is 0.273. The fourth-order valence-corrected chi connectivity index (χ4v) is 1.73. The van der Waals surface area contributed by atoms with Gasteiger partial charge in [0, 0.05) is 13.2 Å². The maximum atomic E-state index is 11.6. The molecule has 0 saturated carbocycles. The van der Waals surface area contributed by atoms with Crippen molar-refractivity contribution in [2.24, 2.45) is 0 Å². The van der Waals surface area contributed by atoms with Gasteiger partial charge in [0.1, 0.15) is 0 Å². The van der Waals surface area contributed by atoms with Gasteiger partial charge in [-0.3, -0.25) is 4.79 Å². The van der Waals surface area contributed by atoms with Gasteiger partial charge in [-0.05, 0) is 6.07 Å². The van der Waals surface area contributed by atoms with Crippen LogP contribution in [0.3, 0.4) is 0 Å². The average molecular weight is 234 g/mol. The number of methoxy groups -OCH3 is 1. The lowest BCUT2D eigenvalue weighted by molar-refractivity contribution is -0.0941. The molecule has 17 heavy (non-hydrogen) atoms. The number of H-pyrrole nitrogens is 1. The zero-order valence-corrected chi connectivity index (χ0v) is 9.10. The number of hydrogen-bond acceptors (Lipinski definition) is 5. The summed E-state index contributed by atoms with van der Waals surface area (Å²) in [6.45, 7) is 0.318. The van der Waals surface area contributed by atoms with Crippen molar-refractivity contribution in [3.05, 3.63) is 28.8 Å². The van der Waals surface area contributed by atoms with Gasteiger partial charge in [-0.25, -0.2) is 4.98 Å². The molecule has 0 amide bonds. The second-order valence-electron chi connectivity index (χ2n) is 3.64. The minimum absolute atomic E-state index is 0.207. The van der Waals surface area contributed by atoms with Crippen LogP contribution < -0.4 is 15.0 Å². The molecule has 0 aliphatic carbocycles. The quantitative estimate of drug-likeness (QED) is 0.784. The molecule has 3 rings (SSSR count). The summed E-state index contributed by atoms with van der Waals surface area (Å²) in [6.07, 6.45) is 0.911. The topological polar surface area (TPSA) is 73.4 Å². The summed E-state index contributed by atoms with van der Waals surface area (Å²) in [6, 6.07) is 3.30. The molecule has 1 aromatic heterocycles. The van der Waals surface area contributed by atoms with Crippen molar-refractivity contribution < 1.29 is 14.2 Å². The highest BCUT2D eigenvalue weighted by Gasteiger charge is 2.21. The zero-order chi connectivity index (χ0) is 11.8. The number of aromatic nitrogens is 2. The number of ether oxygens (including phenoxy) is 3. The van der Waals surface area contributed by atoms with Crippen LogP contribution in [-0.4, -0.2) is 30.0 Å². The molecule has 0 bridgehead atoms. The summed E-state index contributed by atoms with van der Waals surface area (Å²) in [4.78, 5) is 18.2. The molecule has 1 unspecified atom stereocenters. The molecule has 1 atom stereocenters. The van der Waals surface area contributed by atoms with Crippen LogP contribution >= 0.6 is 0 Å². The molecule has 2 heterocycles. The van der Waals surface area contributed by atoms with Crippen LogP contribution in [0.25, 0.3) is 10.9 Å². The molecule has 1 aliphatic rings. The summed E-state index contributed by atoms with van der Waals surface area (Å²) in [5.74, 6) is 1.07. The Morgan fingerprint density at radius 3 is 3.18 bits per heavy atom. The Labute approximate surface area is 96.1 Å². The molecule has 88 valence electrons. The number of hydrogen-bond donors (Lipinski definition) is 1. The second kappa shape index (κ2) is 3.74. The summed E-state index contributed by atoms with van der Waals surface area (Å²) in [5.41, 5.74) is 0.368. The van der Waals surface area contributed by atoms with Crippen LogP contribution in [0.15, 0.2) is 23.3 Å². The van der Waals surface area contributed by atoms with E-state index >= 15 is 0 Å². The van der Waals surface area contributed by atoms with Gasteiger partial charge in [-0.1, -0.05) is 0 Å². The van der Waals surface area contributed by atoms with Gasteiger partial charge in [0.05, 0.1) is 17.2 Å². The van der Waals surface area contributed by atoms with E-state index in [1.807, 2.05) is 0 Å². The van der Waals surface area contributed by atoms with E-state index in [1.165, 1.54) is 13.4 Å². The van der Waals surface area contributed by atoms with Crippen LogP contribution in [0.5, 0.6) is 11.5 Å². The van der Waals surface area contributed by atoms with E-state index in [2.05, 4.69) is 9.97 Å². The van der Waals surface area contributed by atoms with Crippen LogP contribution in [0.2, 0.25) is 0 Å². The third-order valence-corrected chi connectivity index (χ3v) is 2.60. The van der Waals surface area contributed by atoms with E-state index in [0.29, 0.717) is 29.0 Å². The van der Waals surface area contributed by atoms with Gasteiger partial charge >= 0.3 is 0 Å². The van der Waals surface area contributed by atoms with Crippen molar-refractivity contribution in [1.29, 1.82) is 0 Å². The number of fused-ring (bicyclic) bond motifs is 2. The zero-order valence-electron chi connectivity index (χ0n) is 9.10. The lowest BCUT2D eigenvalue weighted by Crippen LogP contribution is -2.30. The monoisotopic (exact) mass is 234 g/mol. The van der Waals surface area contributed by atoms with Crippen LogP contribution in [0.1, 0.15) is 0 Å². The highest BCUT2D eigenvalue weighted by molar-refractivity contribution is 5.81. The largest absolute Gasteiger partial charge is 0.483 e. The Bertz CT molecular complexity index is 622. The Hall–Kier alpha value is -2.08. The van der Waals surface area contributed by atoms with Crippen molar-refractivity contribution in [3.8, 4) is 11.5 Å². The Morgan fingerprint density at radius 1 is 1.47 bits per heavy atom. The predicted molar refractivity (Wildman–Crippen MR) is 59.3 cm³/mol. The summed E-state index contributed by atoms with van der Waals surface area (Å²) in [7, 11) is 1.54. The van der Waals surface area contributed by atoms with E-state index in [-0.39, 0.29) is 5.56 Å². The number of rotatable bonds is 1. The smallest absolute Gasteiger partial charge is 0.258 e. The predicted octanol–water partition coefficient (Wildman–Crippen LogP) is 0.667. The van der Waals surface area contributed by atoms with Crippen molar-refractivity contribution in [3.63, 3.8) is 0 Å². The van der Waals surface area contributed by atoms with Gasteiger partial charge in [-0.15, -0.1) is 0 Å². The maximum absolute atomic E-state index is 11.6. The van der Waals surface area contributed by atoms with Gasteiger partial charge in [0.15, 0.2) is 18.1 Å². The Balaban J connectivity index is 2.18. The lowest BCUT2D eigenvalue weighted by Gasteiger charge is -2.25. The Kier molecular flexibility index (Phi) is 2.22. The average Bonchev–Trinajstić information content (AvgIpc) is 2.37. The first kappa shape index (κ1) is 10.1. The number of aromatic amines is 1. The highest BCUT2D eigenvalue weighted by atomic mass is 16.7. The molecule has 1 N–H and O–H groups in total. The summed E-state index contributed by atoms with van der Waals surface area (Å²) in [5, 5.41) is 0.464. The van der Waals surface area contributed by atoms with Crippen LogP contribution in [0, 0.1) is 0 Å². The van der Waals surface area contributed by atoms with Gasteiger partial charge in [0.25, 0.3) is 5.56 Å². The molecule has 6 heteroatoms. The van der Waals surface area contributed by atoms with E-state index in [4.69, 9.17) is 14.2 Å². The molecule has 0 saturated heterocycles. The van der Waals surface area contributed by atoms with Crippen molar-refractivity contribution >= 4 is 10.9 Å². The number of nitrogens with zero attached hydrogens (tertiary/aromatic N) is 1. The van der Waals surface area contributed by atoms with E-state index in [0.717, 1.165) is 0 Å². The third kappa shape index (κ3) is 1.62. The number of nitrogens with one attached hydrogen (secondary N) is 1. The van der Waals surface area contributed by atoms with Gasteiger partial charge < -0.3 is 19.2 Å². The fourth-order valence-electron chi connectivity index (χ4n) is 1.73. The second-order valence-corrected chi connectivity index (χ2v) is 3.64. The molecule has 1 aliphatic heterocycles.